The molecule has 0 aromatic rings. The van der Waals surface area contributed by atoms with E-state index in [9.17, 15) is 4.79 Å². The Balaban J connectivity index is 4.47. The number of esters is 1. The molecule has 0 aliphatic rings. The van der Waals surface area contributed by atoms with E-state index < -0.39 is 5.97 Å². The zero-order valence-corrected chi connectivity index (χ0v) is 15.0. The summed E-state index contributed by atoms with van der Waals surface area (Å²) < 4.78 is 21.1. The summed E-state index contributed by atoms with van der Waals surface area (Å²) >= 11 is 0. The lowest BCUT2D eigenvalue weighted by Crippen LogP contribution is -2.44. The van der Waals surface area contributed by atoms with E-state index in [-0.39, 0.29) is 11.9 Å². The summed E-state index contributed by atoms with van der Waals surface area (Å²) in [6.07, 6.45) is 9.20. The van der Waals surface area contributed by atoms with Gasteiger partial charge < -0.3 is 18.9 Å². The predicted molar refractivity (Wildman–Crippen MR) is 86.5 cm³/mol. The molecule has 0 aliphatic heterocycles. The minimum absolute atomic E-state index is 0.00206. The van der Waals surface area contributed by atoms with E-state index in [1.165, 1.54) is 39.2 Å². The van der Waals surface area contributed by atoms with Crippen molar-refractivity contribution < 1.29 is 23.7 Å². The fraction of sp³-hybridized carbons (Fsp3) is 0.941. The van der Waals surface area contributed by atoms with Crippen LogP contribution in [0.15, 0.2) is 0 Å². The molecule has 0 spiro atoms. The largest absolute Gasteiger partial charge is 0.469 e. The molecule has 132 valence electrons. The third-order valence-electron chi connectivity index (χ3n) is 4.18. The van der Waals surface area contributed by atoms with Gasteiger partial charge in [-0.25, -0.2) is 0 Å². The number of rotatable bonds is 14. The summed E-state index contributed by atoms with van der Waals surface area (Å²) in [5.41, 5.74) is 0. The standard InChI is InChI=1S/C17H34O5/c1-6-7-8-9-10-11-12-15(13-14-16(18)19-2)17(20-3,21-4)22-5/h15H,6-14H2,1-5H3. The Morgan fingerprint density at radius 3 is 1.91 bits per heavy atom. The number of methoxy groups -OCH3 is 4. The molecule has 22 heavy (non-hydrogen) atoms. The van der Waals surface area contributed by atoms with Crippen LogP contribution in [0.4, 0.5) is 0 Å². The molecule has 0 aromatic carbocycles. The van der Waals surface area contributed by atoms with Gasteiger partial charge in [0.05, 0.1) is 7.11 Å². The zero-order valence-electron chi connectivity index (χ0n) is 15.0. The van der Waals surface area contributed by atoms with Crippen LogP contribution in [0.5, 0.6) is 0 Å². The van der Waals surface area contributed by atoms with Crippen molar-refractivity contribution in [2.75, 3.05) is 28.4 Å². The molecule has 5 nitrogen and oxygen atoms in total. The van der Waals surface area contributed by atoms with Crippen LogP contribution in [0.2, 0.25) is 0 Å². The smallest absolute Gasteiger partial charge is 0.305 e. The molecule has 5 heteroatoms. The highest BCUT2D eigenvalue weighted by Crippen LogP contribution is 2.32. The Bertz CT molecular complexity index is 268. The summed E-state index contributed by atoms with van der Waals surface area (Å²) in [6, 6.07) is 0. The van der Waals surface area contributed by atoms with E-state index in [0.717, 1.165) is 12.8 Å². The van der Waals surface area contributed by atoms with Crippen molar-refractivity contribution in [3.8, 4) is 0 Å². The van der Waals surface area contributed by atoms with Crippen LogP contribution in [-0.4, -0.2) is 40.4 Å². The Hall–Kier alpha value is -0.650. The van der Waals surface area contributed by atoms with Crippen molar-refractivity contribution in [2.45, 2.75) is 70.7 Å². The Morgan fingerprint density at radius 2 is 1.41 bits per heavy atom. The molecule has 1 atom stereocenters. The Morgan fingerprint density at radius 1 is 0.864 bits per heavy atom. The van der Waals surface area contributed by atoms with Gasteiger partial charge >= 0.3 is 5.97 Å². The Kier molecular flexibility index (Phi) is 12.5. The highest BCUT2D eigenvalue weighted by atomic mass is 16.9. The fourth-order valence-corrected chi connectivity index (χ4v) is 2.81. The van der Waals surface area contributed by atoms with E-state index in [1.807, 2.05) is 0 Å². The summed E-state index contributed by atoms with van der Waals surface area (Å²) in [6.45, 7) is 2.22. The average Bonchev–Trinajstić information content (AvgIpc) is 2.56. The first-order valence-corrected chi connectivity index (χ1v) is 8.32. The van der Waals surface area contributed by atoms with Crippen LogP contribution in [0.3, 0.4) is 0 Å². The maximum atomic E-state index is 11.4. The minimum atomic E-state index is -1.09. The molecule has 0 radical (unpaired) electrons. The predicted octanol–water partition coefficient (Wildman–Crippen LogP) is 3.90. The monoisotopic (exact) mass is 318 g/mol. The lowest BCUT2D eigenvalue weighted by Gasteiger charge is -2.36. The molecule has 0 fully saturated rings. The van der Waals surface area contributed by atoms with Crippen LogP contribution >= 0.6 is 0 Å². The van der Waals surface area contributed by atoms with Crippen molar-refractivity contribution in [1.82, 2.24) is 0 Å². The van der Waals surface area contributed by atoms with E-state index >= 15 is 0 Å². The normalized spacial score (nSPS) is 13.1. The van der Waals surface area contributed by atoms with Gasteiger partial charge in [-0.3, -0.25) is 4.79 Å². The molecule has 0 N–H and O–H groups in total. The zero-order chi connectivity index (χ0) is 16.8. The van der Waals surface area contributed by atoms with Gasteiger partial charge in [0, 0.05) is 33.7 Å². The van der Waals surface area contributed by atoms with E-state index in [0.29, 0.717) is 12.8 Å². The van der Waals surface area contributed by atoms with Crippen LogP contribution in [0.1, 0.15) is 64.7 Å². The van der Waals surface area contributed by atoms with Crippen molar-refractivity contribution in [3.05, 3.63) is 0 Å². The van der Waals surface area contributed by atoms with Crippen molar-refractivity contribution in [1.29, 1.82) is 0 Å². The molecule has 0 heterocycles. The lowest BCUT2D eigenvalue weighted by atomic mass is 9.93. The van der Waals surface area contributed by atoms with Gasteiger partial charge in [0.25, 0.3) is 5.97 Å². The van der Waals surface area contributed by atoms with Crippen LogP contribution < -0.4 is 0 Å². The first-order chi connectivity index (χ1) is 10.6. The van der Waals surface area contributed by atoms with Gasteiger partial charge in [-0.05, 0) is 12.8 Å². The number of hydrogen-bond acceptors (Lipinski definition) is 5. The molecule has 0 aromatic heterocycles. The molecular weight excluding hydrogens is 284 g/mol. The SMILES string of the molecule is CCCCCCCCC(CCC(=O)OC)C(OC)(OC)OC. The maximum absolute atomic E-state index is 11.4. The summed E-state index contributed by atoms with van der Waals surface area (Å²) in [4.78, 5) is 11.4. The number of ether oxygens (including phenoxy) is 4. The van der Waals surface area contributed by atoms with Crippen molar-refractivity contribution >= 4 is 5.97 Å². The van der Waals surface area contributed by atoms with Gasteiger partial charge in [-0.1, -0.05) is 45.4 Å². The first-order valence-electron chi connectivity index (χ1n) is 8.32. The topological polar surface area (TPSA) is 54.0 Å². The molecule has 0 aliphatic carbocycles. The molecular formula is C17H34O5. The molecule has 1 unspecified atom stereocenters. The van der Waals surface area contributed by atoms with Crippen molar-refractivity contribution in [2.24, 2.45) is 5.92 Å². The maximum Gasteiger partial charge on any atom is 0.305 e. The third-order valence-corrected chi connectivity index (χ3v) is 4.18. The third kappa shape index (κ3) is 7.56. The van der Waals surface area contributed by atoms with Gasteiger partial charge in [-0.15, -0.1) is 0 Å². The molecule has 0 saturated heterocycles. The number of hydrogen-bond donors (Lipinski definition) is 0. The van der Waals surface area contributed by atoms with Gasteiger partial charge in [0.15, 0.2) is 0 Å². The second kappa shape index (κ2) is 12.9. The second-order valence-corrected chi connectivity index (χ2v) is 5.58. The Labute approximate surface area is 135 Å². The lowest BCUT2D eigenvalue weighted by molar-refractivity contribution is -0.380. The number of carbonyl (C=O) groups is 1. The highest BCUT2D eigenvalue weighted by Gasteiger charge is 2.39. The quantitative estimate of drug-likeness (QED) is 0.276. The van der Waals surface area contributed by atoms with Gasteiger partial charge in [-0.2, -0.15) is 0 Å². The van der Waals surface area contributed by atoms with Gasteiger partial charge in [0.2, 0.25) is 0 Å². The number of carbonyl (C=O) groups excluding carboxylic acids is 1. The van der Waals surface area contributed by atoms with E-state index in [4.69, 9.17) is 18.9 Å². The summed E-state index contributed by atoms with van der Waals surface area (Å²) in [7, 11) is 6.11. The molecule has 0 rings (SSSR count). The van der Waals surface area contributed by atoms with Crippen LogP contribution in [0.25, 0.3) is 0 Å². The van der Waals surface area contributed by atoms with Crippen molar-refractivity contribution in [3.63, 3.8) is 0 Å². The molecule has 0 saturated carbocycles. The van der Waals surface area contributed by atoms with Crippen LogP contribution in [0, 0.1) is 5.92 Å². The summed E-state index contributed by atoms with van der Waals surface area (Å²) in [5, 5.41) is 0. The van der Waals surface area contributed by atoms with E-state index in [1.54, 1.807) is 21.3 Å². The molecule has 0 bridgehead atoms. The highest BCUT2D eigenvalue weighted by molar-refractivity contribution is 5.69. The second-order valence-electron chi connectivity index (χ2n) is 5.58. The minimum Gasteiger partial charge on any atom is -0.469 e. The number of unbranched alkanes of at least 4 members (excludes halogenated alkanes) is 5. The fourth-order valence-electron chi connectivity index (χ4n) is 2.81. The first kappa shape index (κ1) is 21.4. The van der Waals surface area contributed by atoms with E-state index in [2.05, 4.69) is 6.92 Å². The molecule has 0 amide bonds. The summed E-state index contributed by atoms with van der Waals surface area (Å²) in [5.74, 6) is -1.31. The van der Waals surface area contributed by atoms with Gasteiger partial charge in [0.1, 0.15) is 0 Å². The van der Waals surface area contributed by atoms with Crippen LogP contribution in [-0.2, 0) is 23.7 Å². The average molecular weight is 318 g/mol.